The summed E-state index contributed by atoms with van der Waals surface area (Å²) in [6, 6.07) is 10.1. The summed E-state index contributed by atoms with van der Waals surface area (Å²) < 4.78 is 7.32. The molecule has 1 aromatic carbocycles. The van der Waals surface area contributed by atoms with Crippen LogP contribution in [0.4, 0.5) is 4.79 Å². The van der Waals surface area contributed by atoms with E-state index in [2.05, 4.69) is 64.1 Å². The molecule has 3 aliphatic heterocycles. The van der Waals surface area contributed by atoms with Crippen LogP contribution in [0.1, 0.15) is 31.0 Å². The van der Waals surface area contributed by atoms with Crippen LogP contribution in [0.25, 0.3) is 5.70 Å². The van der Waals surface area contributed by atoms with Crippen LogP contribution in [-0.4, -0.2) is 58.0 Å². The molecule has 3 aliphatic rings. The van der Waals surface area contributed by atoms with Gasteiger partial charge in [-0.1, -0.05) is 18.2 Å². The third-order valence-corrected chi connectivity index (χ3v) is 7.44. The van der Waals surface area contributed by atoms with Gasteiger partial charge in [-0.25, -0.2) is 4.79 Å². The number of aromatic nitrogens is 2. The van der Waals surface area contributed by atoms with E-state index in [1.807, 2.05) is 34.8 Å². The van der Waals surface area contributed by atoms with Gasteiger partial charge in [0.05, 0.1) is 18.5 Å². The fraction of sp³-hybridized carbons (Fsp3) is 0.407. The molecule has 2 N–H and O–H groups in total. The summed E-state index contributed by atoms with van der Waals surface area (Å²) in [6.45, 7) is 4.33. The maximum atomic E-state index is 13.0. The van der Waals surface area contributed by atoms with E-state index in [-0.39, 0.29) is 17.6 Å². The van der Waals surface area contributed by atoms with E-state index >= 15 is 0 Å². The van der Waals surface area contributed by atoms with Crippen molar-refractivity contribution in [2.45, 2.75) is 31.8 Å². The van der Waals surface area contributed by atoms with Crippen molar-refractivity contribution in [2.75, 3.05) is 26.7 Å². The molecule has 35 heavy (non-hydrogen) atoms. The Morgan fingerprint density at radius 3 is 3.00 bits per heavy atom. The number of amides is 2. The van der Waals surface area contributed by atoms with E-state index in [1.54, 1.807) is 13.3 Å². The van der Waals surface area contributed by atoms with Gasteiger partial charge < -0.3 is 25.2 Å². The standard InChI is InChI=1S/C27H34N6O2/c1-27(21-9-7-16-32(19-21)26(34)28-14-12-22-13-15-29-31(22)2)30-25(24-11-4-5-17-33(24)27)20-8-6-10-23(18-20)35-3/h4-6,8,10-11,13,15,17-18,21,30H,7,9,12,14,16,19H2,1-3H3,(H,28,34)/t21-,27?/m1/s1. The number of hydrogen-bond donors (Lipinski definition) is 2. The Hall–Kier alpha value is -3.68. The third-order valence-electron chi connectivity index (χ3n) is 7.44. The zero-order valence-corrected chi connectivity index (χ0v) is 20.7. The molecule has 0 radical (unpaired) electrons. The topological polar surface area (TPSA) is 74.7 Å². The van der Waals surface area contributed by atoms with Crippen molar-refractivity contribution < 1.29 is 9.53 Å². The quantitative estimate of drug-likeness (QED) is 0.671. The minimum Gasteiger partial charge on any atom is -0.497 e. The molecule has 0 spiro atoms. The minimum atomic E-state index is -0.345. The van der Waals surface area contributed by atoms with Gasteiger partial charge in [0.1, 0.15) is 11.4 Å². The molecule has 1 saturated heterocycles. The molecule has 4 heterocycles. The Labute approximate surface area is 206 Å². The number of hydrogen-bond acceptors (Lipinski definition) is 5. The first-order valence-electron chi connectivity index (χ1n) is 12.3. The molecule has 5 rings (SSSR count). The number of ether oxygens (including phenoxy) is 1. The molecule has 2 amide bonds. The Morgan fingerprint density at radius 2 is 2.20 bits per heavy atom. The first kappa shape index (κ1) is 23.1. The van der Waals surface area contributed by atoms with Crippen LogP contribution in [0.5, 0.6) is 5.75 Å². The average molecular weight is 475 g/mol. The highest BCUT2D eigenvalue weighted by Crippen LogP contribution is 2.43. The number of fused-ring (bicyclic) bond motifs is 1. The summed E-state index contributed by atoms with van der Waals surface area (Å²) in [5, 5.41) is 11.2. The molecule has 1 unspecified atom stereocenters. The lowest BCUT2D eigenvalue weighted by molar-refractivity contribution is 0.0651. The zero-order chi connectivity index (χ0) is 24.4. The molecule has 8 heteroatoms. The second-order valence-electron chi connectivity index (χ2n) is 9.55. The Balaban J connectivity index is 1.30. The molecule has 0 saturated carbocycles. The lowest BCUT2D eigenvalue weighted by atomic mass is 9.85. The largest absolute Gasteiger partial charge is 0.497 e. The number of nitrogens with one attached hydrogen (secondary N) is 2. The van der Waals surface area contributed by atoms with Crippen molar-refractivity contribution in [1.82, 2.24) is 30.2 Å². The summed E-state index contributed by atoms with van der Waals surface area (Å²) in [5.41, 5.74) is 4.08. The molecule has 8 nitrogen and oxygen atoms in total. The number of aryl methyl sites for hydroxylation is 1. The van der Waals surface area contributed by atoms with Crippen molar-refractivity contribution in [1.29, 1.82) is 0 Å². The number of urea groups is 1. The van der Waals surface area contributed by atoms with Gasteiger partial charge in [-0.2, -0.15) is 5.10 Å². The molecule has 1 fully saturated rings. The van der Waals surface area contributed by atoms with E-state index in [1.165, 1.54) is 0 Å². The molecule has 0 aliphatic carbocycles. The van der Waals surface area contributed by atoms with Gasteiger partial charge in [0.15, 0.2) is 0 Å². The fourth-order valence-corrected chi connectivity index (χ4v) is 5.40. The van der Waals surface area contributed by atoms with E-state index in [0.717, 1.165) is 54.2 Å². The van der Waals surface area contributed by atoms with E-state index in [0.29, 0.717) is 13.1 Å². The van der Waals surface area contributed by atoms with Crippen LogP contribution in [0, 0.1) is 5.92 Å². The summed E-state index contributed by atoms with van der Waals surface area (Å²) in [6.07, 6.45) is 13.0. The minimum absolute atomic E-state index is 0.00810. The lowest BCUT2D eigenvalue weighted by Crippen LogP contribution is -2.59. The number of likely N-dealkylation sites (tertiary alicyclic amines) is 1. The van der Waals surface area contributed by atoms with Crippen molar-refractivity contribution >= 4 is 11.7 Å². The number of nitrogens with zero attached hydrogens (tertiary/aromatic N) is 4. The first-order valence-corrected chi connectivity index (χ1v) is 12.3. The monoisotopic (exact) mass is 474 g/mol. The first-order chi connectivity index (χ1) is 17.0. The van der Waals surface area contributed by atoms with E-state index in [4.69, 9.17) is 4.74 Å². The van der Waals surface area contributed by atoms with Crippen LogP contribution >= 0.6 is 0 Å². The SMILES string of the molecule is COc1cccc(C2=C3C=CC=CN3C(C)([C@@H]3CCCN(C(=O)NCCc4ccnn4C)C3)N2)c1. The zero-order valence-electron chi connectivity index (χ0n) is 20.7. The lowest BCUT2D eigenvalue weighted by Gasteiger charge is -2.46. The van der Waals surface area contributed by atoms with Gasteiger partial charge >= 0.3 is 6.03 Å². The van der Waals surface area contributed by atoms with Crippen molar-refractivity contribution in [2.24, 2.45) is 13.0 Å². The van der Waals surface area contributed by atoms with Crippen LogP contribution in [0.15, 0.2) is 66.7 Å². The van der Waals surface area contributed by atoms with Crippen molar-refractivity contribution in [3.8, 4) is 5.75 Å². The molecule has 184 valence electrons. The smallest absolute Gasteiger partial charge is 0.317 e. The van der Waals surface area contributed by atoms with Gasteiger partial charge in [0, 0.05) is 62.7 Å². The number of benzene rings is 1. The predicted octanol–water partition coefficient (Wildman–Crippen LogP) is 3.47. The Morgan fingerprint density at radius 1 is 1.31 bits per heavy atom. The van der Waals surface area contributed by atoms with Crippen LogP contribution in [0.2, 0.25) is 0 Å². The van der Waals surface area contributed by atoms with E-state index < -0.39 is 0 Å². The number of carbonyl (C=O) groups is 1. The van der Waals surface area contributed by atoms with Gasteiger partial charge in [0.2, 0.25) is 0 Å². The van der Waals surface area contributed by atoms with Crippen molar-refractivity contribution in [3.05, 3.63) is 77.9 Å². The van der Waals surface area contributed by atoms with Gasteiger partial charge in [-0.05, 0) is 50.1 Å². The Kier molecular flexibility index (Phi) is 6.28. The van der Waals surface area contributed by atoms with Gasteiger partial charge in [0.25, 0.3) is 0 Å². The number of allylic oxidation sites excluding steroid dienone is 3. The molecular weight excluding hydrogens is 440 g/mol. The molecule has 2 aromatic rings. The highest BCUT2D eigenvalue weighted by atomic mass is 16.5. The molecule has 0 bridgehead atoms. The number of rotatable bonds is 6. The maximum absolute atomic E-state index is 13.0. The van der Waals surface area contributed by atoms with E-state index in [9.17, 15) is 4.79 Å². The van der Waals surface area contributed by atoms with Crippen LogP contribution < -0.4 is 15.4 Å². The normalized spacial score (nSPS) is 23.3. The second-order valence-corrected chi connectivity index (χ2v) is 9.55. The van der Waals surface area contributed by atoms with Gasteiger partial charge in [-0.15, -0.1) is 0 Å². The van der Waals surface area contributed by atoms with Crippen LogP contribution in [-0.2, 0) is 13.5 Å². The highest BCUT2D eigenvalue weighted by molar-refractivity contribution is 5.75. The summed E-state index contributed by atoms with van der Waals surface area (Å²) in [7, 11) is 3.62. The summed E-state index contributed by atoms with van der Waals surface area (Å²) >= 11 is 0. The molecule has 2 atom stereocenters. The number of piperidine rings is 1. The van der Waals surface area contributed by atoms with Gasteiger partial charge in [-0.3, -0.25) is 4.68 Å². The second kappa shape index (κ2) is 9.52. The van der Waals surface area contributed by atoms with Crippen molar-refractivity contribution in [3.63, 3.8) is 0 Å². The summed E-state index contributed by atoms with van der Waals surface area (Å²) in [5.74, 6) is 1.09. The number of carbonyl (C=O) groups excluding carboxylic acids is 1. The van der Waals surface area contributed by atoms with Crippen LogP contribution in [0.3, 0.4) is 0 Å². The third kappa shape index (κ3) is 4.40. The summed E-state index contributed by atoms with van der Waals surface area (Å²) in [4.78, 5) is 17.3. The fourth-order valence-electron chi connectivity index (χ4n) is 5.40. The molecular formula is C27H34N6O2. The predicted molar refractivity (Wildman–Crippen MR) is 136 cm³/mol. The molecule has 1 aromatic heterocycles. The highest BCUT2D eigenvalue weighted by Gasteiger charge is 2.47. The maximum Gasteiger partial charge on any atom is 0.317 e. The average Bonchev–Trinajstić information content (AvgIpc) is 3.45. The number of methoxy groups -OCH3 is 1. The Bertz CT molecular complexity index is 1180.